The van der Waals surface area contributed by atoms with Crippen LogP contribution in [-0.4, -0.2) is 27.5 Å². The Bertz CT molecular complexity index is 449. The molecule has 0 aliphatic rings. The average Bonchev–Trinajstić information content (AvgIpc) is 2.28. The van der Waals surface area contributed by atoms with Gasteiger partial charge in [-0.1, -0.05) is 18.5 Å². The summed E-state index contributed by atoms with van der Waals surface area (Å²) in [6, 6.07) is 6.20. The summed E-state index contributed by atoms with van der Waals surface area (Å²) in [5, 5.41) is 3.65. The minimum atomic E-state index is -3.44. The van der Waals surface area contributed by atoms with E-state index in [1.54, 1.807) is 12.1 Å². The molecule has 0 heterocycles. The lowest BCUT2D eigenvalue weighted by atomic mass is 10.3. The Balaban J connectivity index is 0.00000289. The number of benzene rings is 1. The number of nitrogens with one attached hydrogen (secondary N) is 2. The van der Waals surface area contributed by atoms with Crippen molar-refractivity contribution < 1.29 is 8.42 Å². The maximum atomic E-state index is 11.9. The summed E-state index contributed by atoms with van der Waals surface area (Å²) < 4.78 is 26.3. The molecule has 0 radical (unpaired) electrons. The van der Waals surface area contributed by atoms with Crippen molar-refractivity contribution in [3.8, 4) is 0 Å². The van der Waals surface area contributed by atoms with Gasteiger partial charge in [-0.15, -0.1) is 12.4 Å². The largest absolute Gasteiger partial charge is 0.313 e. The molecule has 1 aromatic rings. The average molecular weight is 313 g/mol. The molecule has 0 amide bonds. The summed E-state index contributed by atoms with van der Waals surface area (Å²) in [5.41, 5.74) is 0. The fraction of sp³-hybridized carbons (Fsp3) is 0.455. The molecule has 4 nitrogen and oxygen atoms in total. The maximum Gasteiger partial charge on any atom is 0.240 e. The molecule has 0 unspecified atom stereocenters. The zero-order valence-electron chi connectivity index (χ0n) is 10.3. The molecule has 0 aliphatic carbocycles. The molecule has 0 aliphatic heterocycles. The number of hydrogen-bond acceptors (Lipinski definition) is 3. The standard InChI is InChI=1S/C11H17ClN2O2S.ClH/c1-3-13-9(2)8-14-17(15,16)11-6-4-10(12)5-7-11;/h4-7,9,13-14H,3,8H2,1-2H3;1H/t9-;/m1./s1. The molecule has 1 rings (SSSR count). The van der Waals surface area contributed by atoms with Crippen molar-refractivity contribution in [2.24, 2.45) is 0 Å². The molecular weight excluding hydrogens is 295 g/mol. The van der Waals surface area contributed by atoms with Crippen LogP contribution in [0.3, 0.4) is 0 Å². The molecule has 2 N–H and O–H groups in total. The molecular formula is C11H18Cl2N2O2S. The van der Waals surface area contributed by atoms with E-state index in [2.05, 4.69) is 10.0 Å². The number of halogens is 2. The summed E-state index contributed by atoms with van der Waals surface area (Å²) in [6.45, 7) is 5.07. The monoisotopic (exact) mass is 312 g/mol. The quantitative estimate of drug-likeness (QED) is 0.845. The van der Waals surface area contributed by atoms with Gasteiger partial charge in [0.05, 0.1) is 4.90 Å². The highest BCUT2D eigenvalue weighted by Gasteiger charge is 2.14. The van der Waals surface area contributed by atoms with E-state index in [1.165, 1.54) is 12.1 Å². The second-order valence-electron chi connectivity index (χ2n) is 3.76. The normalized spacial score (nSPS) is 12.8. The Kier molecular flexibility index (Phi) is 7.82. The molecule has 1 aromatic carbocycles. The van der Waals surface area contributed by atoms with Crippen LogP contribution < -0.4 is 10.0 Å². The minimum Gasteiger partial charge on any atom is -0.313 e. The van der Waals surface area contributed by atoms with Crippen LogP contribution in [0.1, 0.15) is 13.8 Å². The third-order valence-electron chi connectivity index (χ3n) is 2.26. The number of likely N-dealkylation sites (N-methyl/N-ethyl adjacent to an activating group) is 1. The molecule has 7 heteroatoms. The first kappa shape index (κ1) is 17.7. The van der Waals surface area contributed by atoms with E-state index in [0.717, 1.165) is 6.54 Å². The van der Waals surface area contributed by atoms with Crippen molar-refractivity contribution in [3.63, 3.8) is 0 Å². The molecule has 0 saturated heterocycles. The van der Waals surface area contributed by atoms with E-state index in [1.807, 2.05) is 13.8 Å². The van der Waals surface area contributed by atoms with E-state index >= 15 is 0 Å². The van der Waals surface area contributed by atoms with Gasteiger partial charge < -0.3 is 5.32 Å². The van der Waals surface area contributed by atoms with Gasteiger partial charge in [0.15, 0.2) is 0 Å². The Morgan fingerprint density at radius 3 is 2.33 bits per heavy atom. The first-order valence-corrected chi connectivity index (χ1v) is 7.30. The van der Waals surface area contributed by atoms with Crippen molar-refractivity contribution in [2.75, 3.05) is 13.1 Å². The third kappa shape index (κ3) is 5.54. The van der Waals surface area contributed by atoms with Gasteiger partial charge in [0, 0.05) is 17.6 Å². The van der Waals surface area contributed by atoms with Crippen LogP contribution in [0.4, 0.5) is 0 Å². The highest BCUT2D eigenvalue weighted by Crippen LogP contribution is 2.13. The Hall–Kier alpha value is -0.330. The molecule has 0 fully saturated rings. The van der Waals surface area contributed by atoms with E-state index in [0.29, 0.717) is 11.6 Å². The highest BCUT2D eigenvalue weighted by atomic mass is 35.5. The van der Waals surface area contributed by atoms with Crippen LogP contribution in [0.15, 0.2) is 29.2 Å². The smallest absolute Gasteiger partial charge is 0.240 e. The second kappa shape index (κ2) is 7.96. The SMILES string of the molecule is CCN[C@H](C)CNS(=O)(=O)c1ccc(Cl)cc1.Cl. The lowest BCUT2D eigenvalue weighted by Gasteiger charge is -2.13. The fourth-order valence-corrected chi connectivity index (χ4v) is 2.61. The highest BCUT2D eigenvalue weighted by molar-refractivity contribution is 7.89. The number of sulfonamides is 1. The summed E-state index contributed by atoms with van der Waals surface area (Å²) in [7, 11) is -3.44. The minimum absolute atomic E-state index is 0. The summed E-state index contributed by atoms with van der Waals surface area (Å²) in [5.74, 6) is 0. The fourth-order valence-electron chi connectivity index (χ4n) is 1.35. The number of rotatable bonds is 6. The zero-order chi connectivity index (χ0) is 12.9. The van der Waals surface area contributed by atoms with Gasteiger partial charge in [-0.25, -0.2) is 13.1 Å². The summed E-state index contributed by atoms with van der Waals surface area (Å²) in [4.78, 5) is 0.227. The van der Waals surface area contributed by atoms with Gasteiger partial charge in [-0.05, 0) is 37.7 Å². The van der Waals surface area contributed by atoms with Gasteiger partial charge in [0.2, 0.25) is 10.0 Å². The Morgan fingerprint density at radius 2 is 1.83 bits per heavy atom. The molecule has 1 atom stereocenters. The van der Waals surface area contributed by atoms with Crippen molar-refractivity contribution in [3.05, 3.63) is 29.3 Å². The van der Waals surface area contributed by atoms with Gasteiger partial charge >= 0.3 is 0 Å². The van der Waals surface area contributed by atoms with Crippen LogP contribution in [0.5, 0.6) is 0 Å². The van der Waals surface area contributed by atoms with Crippen LogP contribution in [-0.2, 0) is 10.0 Å². The van der Waals surface area contributed by atoms with Crippen molar-refractivity contribution in [1.29, 1.82) is 0 Å². The topological polar surface area (TPSA) is 58.2 Å². The summed E-state index contributed by atoms with van der Waals surface area (Å²) >= 11 is 5.71. The van der Waals surface area contributed by atoms with Crippen LogP contribution in [0.25, 0.3) is 0 Å². The Labute approximate surface area is 120 Å². The van der Waals surface area contributed by atoms with Gasteiger partial charge in [-0.3, -0.25) is 0 Å². The molecule has 0 bridgehead atoms. The van der Waals surface area contributed by atoms with Crippen LogP contribution >= 0.6 is 24.0 Å². The van der Waals surface area contributed by atoms with Crippen molar-refractivity contribution in [2.45, 2.75) is 24.8 Å². The van der Waals surface area contributed by atoms with Gasteiger partial charge in [0.1, 0.15) is 0 Å². The van der Waals surface area contributed by atoms with Crippen LogP contribution in [0.2, 0.25) is 5.02 Å². The van der Waals surface area contributed by atoms with E-state index in [-0.39, 0.29) is 23.3 Å². The third-order valence-corrected chi connectivity index (χ3v) is 3.95. The zero-order valence-corrected chi connectivity index (χ0v) is 12.7. The lowest BCUT2D eigenvalue weighted by Crippen LogP contribution is -2.38. The number of hydrogen-bond donors (Lipinski definition) is 2. The molecule has 104 valence electrons. The van der Waals surface area contributed by atoms with E-state index in [9.17, 15) is 8.42 Å². The van der Waals surface area contributed by atoms with Crippen molar-refractivity contribution in [1.82, 2.24) is 10.0 Å². The first-order valence-electron chi connectivity index (χ1n) is 5.44. The molecule has 0 aromatic heterocycles. The van der Waals surface area contributed by atoms with Crippen molar-refractivity contribution >= 4 is 34.0 Å². The second-order valence-corrected chi connectivity index (χ2v) is 5.97. The summed E-state index contributed by atoms with van der Waals surface area (Å²) in [6.07, 6.45) is 0. The predicted octanol–water partition coefficient (Wildman–Crippen LogP) is 2.04. The lowest BCUT2D eigenvalue weighted by molar-refractivity contribution is 0.536. The van der Waals surface area contributed by atoms with Crippen LogP contribution in [0, 0.1) is 0 Å². The van der Waals surface area contributed by atoms with Gasteiger partial charge in [-0.2, -0.15) is 0 Å². The van der Waals surface area contributed by atoms with Gasteiger partial charge in [0.25, 0.3) is 0 Å². The van der Waals surface area contributed by atoms with E-state index < -0.39 is 10.0 Å². The Morgan fingerprint density at radius 1 is 1.28 bits per heavy atom. The van der Waals surface area contributed by atoms with E-state index in [4.69, 9.17) is 11.6 Å². The molecule has 0 saturated carbocycles. The molecule has 0 spiro atoms. The maximum absolute atomic E-state index is 11.9. The predicted molar refractivity (Wildman–Crippen MR) is 77.0 cm³/mol. The molecule has 18 heavy (non-hydrogen) atoms. The first-order chi connectivity index (χ1) is 7.95.